The van der Waals surface area contributed by atoms with Crippen molar-refractivity contribution < 1.29 is 71.3 Å². The first-order valence-corrected chi connectivity index (χ1v) is 24.2. The Morgan fingerprint density at radius 3 is 1.66 bits per heavy atom. The summed E-state index contributed by atoms with van der Waals surface area (Å²) in [6, 6.07) is 14.8. The Hall–Kier alpha value is -6.79. The lowest BCUT2D eigenvalue weighted by Gasteiger charge is -2.49. The van der Waals surface area contributed by atoms with Crippen molar-refractivity contribution in [3.05, 3.63) is 120 Å². The summed E-state index contributed by atoms with van der Waals surface area (Å²) in [4.78, 5) is 107. The number of nitrogens with zero attached hydrogens (tertiary/aromatic N) is 6. The zero-order valence-corrected chi connectivity index (χ0v) is 40.4. The molecule has 2 amide bonds. The molecule has 2 aliphatic heterocycles. The van der Waals surface area contributed by atoms with Gasteiger partial charge in [0, 0.05) is 61.2 Å². The molecule has 24 nitrogen and oxygen atoms in total. The van der Waals surface area contributed by atoms with E-state index in [0.29, 0.717) is 35.5 Å². The minimum Gasteiger partial charge on any atom is -0.456 e. The van der Waals surface area contributed by atoms with Gasteiger partial charge in [0.05, 0.1) is 46.6 Å². The predicted molar refractivity (Wildman–Crippen MR) is 251 cm³/mol. The highest BCUT2D eigenvalue weighted by atomic mass is 32.2. The van der Waals surface area contributed by atoms with Crippen LogP contribution in [0.4, 0.5) is 26.7 Å². The third-order valence-electron chi connectivity index (χ3n) is 10.7. The van der Waals surface area contributed by atoms with Gasteiger partial charge in [-0.15, -0.1) is 0 Å². The van der Waals surface area contributed by atoms with Gasteiger partial charge in [-0.3, -0.25) is 44.8 Å². The number of amides is 2. The van der Waals surface area contributed by atoms with Crippen LogP contribution in [-0.4, -0.2) is 115 Å². The van der Waals surface area contributed by atoms with Crippen molar-refractivity contribution in [3.8, 4) is 0 Å². The number of aliphatic imine (C=N–C) groups is 1. The van der Waals surface area contributed by atoms with Crippen LogP contribution >= 0.6 is 19.3 Å². The highest BCUT2D eigenvalue weighted by Gasteiger charge is 2.57. The Morgan fingerprint density at radius 1 is 0.743 bits per heavy atom. The van der Waals surface area contributed by atoms with Gasteiger partial charge >= 0.3 is 18.2 Å². The third kappa shape index (κ3) is 14.2. The van der Waals surface area contributed by atoms with Gasteiger partial charge in [0.1, 0.15) is 31.8 Å². The molecular formula is C44H51N6O18PS. The molecular weight excluding hydrogens is 964 g/mol. The first-order valence-electron chi connectivity index (χ1n) is 21.8. The molecule has 2 heterocycles. The molecule has 2 fully saturated rings. The number of carbonyl (C=O) groups is 5. The maximum absolute atomic E-state index is 14.5. The van der Waals surface area contributed by atoms with Gasteiger partial charge < -0.3 is 37.4 Å². The van der Waals surface area contributed by atoms with E-state index in [9.17, 15) is 54.3 Å². The zero-order valence-electron chi connectivity index (χ0n) is 38.7. The van der Waals surface area contributed by atoms with Crippen molar-refractivity contribution in [2.75, 3.05) is 32.9 Å². The molecule has 0 spiro atoms. The van der Waals surface area contributed by atoms with Crippen LogP contribution in [0.2, 0.25) is 0 Å². The molecule has 3 aromatic rings. The van der Waals surface area contributed by atoms with E-state index in [-0.39, 0.29) is 61.9 Å². The number of benzene rings is 3. The summed E-state index contributed by atoms with van der Waals surface area (Å²) in [6.07, 6.45) is -3.25. The van der Waals surface area contributed by atoms with Crippen LogP contribution in [0, 0.1) is 36.3 Å². The van der Waals surface area contributed by atoms with E-state index in [0.717, 1.165) is 16.7 Å². The number of carbonyl (C=O) groups excluding carboxylic acids is 5. The number of ether oxygens (including phenoxy) is 4. The number of esters is 1. The fourth-order valence-electron chi connectivity index (χ4n) is 7.37. The van der Waals surface area contributed by atoms with Crippen LogP contribution in [0.1, 0.15) is 64.2 Å². The second-order valence-electron chi connectivity index (χ2n) is 15.3. The molecule has 5 rings (SSSR count). The smallest absolute Gasteiger partial charge is 0.456 e. The molecule has 70 heavy (non-hydrogen) atoms. The van der Waals surface area contributed by atoms with Gasteiger partial charge in [-0.05, 0) is 94.1 Å². The van der Waals surface area contributed by atoms with Crippen molar-refractivity contribution in [3.63, 3.8) is 0 Å². The largest absolute Gasteiger partial charge is 0.508 e. The van der Waals surface area contributed by atoms with E-state index in [1.807, 2.05) is 0 Å². The van der Waals surface area contributed by atoms with Gasteiger partial charge in [-0.2, -0.15) is 4.99 Å². The van der Waals surface area contributed by atoms with E-state index in [4.69, 9.17) is 32.5 Å². The standard InChI is InChI=1S/C44H51N6O18PS/c1-6-65-69(66-7-2,67-8-3)41(42(53)62-25-30-9-15-33(16-10-30)48(56)57)47-37(39(40(47)52)28(4)68-44(55)64-27-32-13-19-35(20-14-32)50(60)61)23-38(51)70-36-21-22-46(24-36)29(5)45-43(54)63-26-31-11-17-34(18-12-31)49(58)59/h9-20,28,36-37,39H,6-8,21-27H2,1-5H3. The summed E-state index contributed by atoms with van der Waals surface area (Å²) in [5, 5.41) is 32.5. The molecule has 0 radical (unpaired) electrons. The first-order chi connectivity index (χ1) is 33.4. The van der Waals surface area contributed by atoms with Crippen molar-refractivity contribution >= 4 is 76.9 Å². The first kappa shape index (κ1) is 54.2. The number of nitro groups is 3. The van der Waals surface area contributed by atoms with E-state index < -0.39 is 88.1 Å². The molecule has 3 aromatic carbocycles. The van der Waals surface area contributed by atoms with E-state index >= 15 is 0 Å². The van der Waals surface area contributed by atoms with Crippen LogP contribution in [0.25, 0.3) is 0 Å². The molecule has 26 heteroatoms. The molecule has 2 saturated heterocycles. The molecule has 0 aliphatic carbocycles. The molecule has 4 atom stereocenters. The normalized spacial score (nSPS) is 17.2. The lowest BCUT2D eigenvalue weighted by Crippen LogP contribution is -2.68. The SMILES string of the molecule is CCOP(OCC)(OCC)=C(C(=O)OCc1ccc([N+](=O)[O-])cc1)N1C(=O)C(C(C)OC(=O)OCc2ccc([N+](=O)[O-])cc2)C1CC(=O)SC1CCN(C(C)=NC(=O)OCc2ccc([N+](=O)[O-])cc2)C1. The van der Waals surface area contributed by atoms with Crippen molar-refractivity contribution in [2.45, 2.75) is 84.7 Å². The van der Waals surface area contributed by atoms with Gasteiger partial charge in [-0.25, -0.2) is 14.4 Å². The van der Waals surface area contributed by atoms with E-state index in [1.54, 1.807) is 32.6 Å². The Morgan fingerprint density at radius 2 is 1.20 bits per heavy atom. The quantitative estimate of drug-likeness (QED) is 0.0137. The summed E-state index contributed by atoms with van der Waals surface area (Å²) in [7, 11) is -3.99. The number of rotatable bonds is 22. The molecule has 376 valence electrons. The highest BCUT2D eigenvalue weighted by molar-refractivity contribution is 8.14. The number of thioether (sulfide) groups is 1. The maximum atomic E-state index is 14.5. The number of hydrogen-bond acceptors (Lipinski definition) is 19. The van der Waals surface area contributed by atoms with Crippen LogP contribution in [0.15, 0.2) is 77.8 Å². The Bertz CT molecular complexity index is 2490. The molecule has 0 aromatic heterocycles. The second kappa shape index (κ2) is 25.2. The van der Waals surface area contributed by atoms with Gasteiger partial charge in [0.15, 0.2) is 5.12 Å². The number of nitro benzene ring substituents is 3. The van der Waals surface area contributed by atoms with Crippen molar-refractivity contribution in [2.24, 2.45) is 10.9 Å². The number of likely N-dealkylation sites (tertiary alicyclic amines) is 2. The van der Waals surface area contributed by atoms with Crippen LogP contribution < -0.4 is 0 Å². The van der Waals surface area contributed by atoms with Gasteiger partial charge in [-0.1, -0.05) is 11.8 Å². The van der Waals surface area contributed by atoms with Crippen LogP contribution in [0.3, 0.4) is 0 Å². The molecule has 2 aliphatic rings. The average Bonchev–Trinajstić information content (AvgIpc) is 3.80. The summed E-state index contributed by atoms with van der Waals surface area (Å²) in [6.45, 7) is 7.48. The number of hydrogen-bond donors (Lipinski definition) is 0. The number of β-lactam (4-membered cyclic amide) rings is 1. The maximum Gasteiger partial charge on any atom is 0.508 e. The fraction of sp³-hybridized carbons (Fsp3) is 0.432. The highest BCUT2D eigenvalue weighted by Crippen LogP contribution is 2.55. The predicted octanol–water partition coefficient (Wildman–Crippen LogP) is 7.50. The number of amidine groups is 1. The Balaban J connectivity index is 1.37. The van der Waals surface area contributed by atoms with Gasteiger partial charge in [0.2, 0.25) is 11.3 Å². The molecule has 4 unspecified atom stereocenters. The number of non-ortho nitro benzene ring substituents is 3. The zero-order chi connectivity index (χ0) is 51.1. The van der Waals surface area contributed by atoms with E-state index in [1.165, 1.54) is 79.7 Å². The van der Waals surface area contributed by atoms with Crippen LogP contribution in [-0.2, 0) is 66.7 Å². The molecule has 0 N–H and O–H groups in total. The molecule has 0 bridgehead atoms. The third-order valence-corrected chi connectivity index (χ3v) is 14.5. The monoisotopic (exact) mass is 1010 g/mol. The summed E-state index contributed by atoms with van der Waals surface area (Å²) in [5.41, 5.74) is 0.340. The lowest BCUT2D eigenvalue weighted by molar-refractivity contribution is -0.385. The van der Waals surface area contributed by atoms with Crippen molar-refractivity contribution in [1.29, 1.82) is 0 Å². The second-order valence-corrected chi connectivity index (χ2v) is 18.9. The summed E-state index contributed by atoms with van der Waals surface area (Å²) >= 11 is 0.974. The Kier molecular flexibility index (Phi) is 19.5. The van der Waals surface area contributed by atoms with Crippen molar-refractivity contribution in [1.82, 2.24) is 9.80 Å². The Labute approximate surface area is 405 Å². The fourth-order valence-corrected chi connectivity index (χ4v) is 10.9. The lowest BCUT2D eigenvalue weighted by atomic mass is 9.81. The van der Waals surface area contributed by atoms with Gasteiger partial charge in [0.25, 0.3) is 24.6 Å². The molecule has 0 saturated carbocycles. The average molecular weight is 1010 g/mol. The topological polar surface area (TPSA) is 298 Å². The summed E-state index contributed by atoms with van der Waals surface area (Å²) in [5.74, 6) is -2.81. The minimum absolute atomic E-state index is 0.0592. The minimum atomic E-state index is -3.99. The summed E-state index contributed by atoms with van der Waals surface area (Å²) < 4.78 is 40.0. The van der Waals surface area contributed by atoms with E-state index in [2.05, 4.69) is 4.99 Å². The van der Waals surface area contributed by atoms with Crippen LogP contribution in [0.5, 0.6) is 0 Å².